The van der Waals surface area contributed by atoms with Gasteiger partial charge in [-0.3, -0.25) is 0 Å². The number of nitrogens with one attached hydrogen (secondary N) is 2. The summed E-state index contributed by atoms with van der Waals surface area (Å²) >= 11 is 0. The molecular weight excluding hydrogens is 285 g/mol. The van der Waals surface area contributed by atoms with E-state index < -0.39 is 22.9 Å². The molecule has 1 aromatic rings. The highest BCUT2D eigenvalue weighted by Crippen LogP contribution is 2.12. The zero-order chi connectivity index (χ0) is 14.5. The van der Waals surface area contributed by atoms with Gasteiger partial charge in [0.2, 0.25) is 0 Å². The monoisotopic (exact) mass is 298 g/mol. The number of alkyl halides is 3. The molecule has 9 heteroatoms. The molecule has 0 aliphatic carbocycles. The van der Waals surface area contributed by atoms with Gasteiger partial charge in [0.05, 0.1) is 6.61 Å². The van der Waals surface area contributed by atoms with Crippen LogP contribution in [-0.4, -0.2) is 26.2 Å². The molecule has 0 aliphatic heterocycles. The largest absolute Gasteiger partial charge is 0.402 e. The highest BCUT2D eigenvalue weighted by Gasteiger charge is 2.29. The van der Waals surface area contributed by atoms with E-state index in [2.05, 4.69) is 0 Å². The minimum absolute atomic E-state index is 0.140. The van der Waals surface area contributed by atoms with Crippen LogP contribution in [0.1, 0.15) is 11.1 Å². The standard InChI is InChI=1S/C10H13F3N2O3S/c11-10(12,13)7-15-19(17,18)14-5-8-1-3-9(6-16)4-2-8/h1-4,14-16H,5-7H2. The Morgan fingerprint density at radius 2 is 1.58 bits per heavy atom. The van der Waals surface area contributed by atoms with Crippen molar-refractivity contribution >= 4 is 10.2 Å². The van der Waals surface area contributed by atoms with Crippen LogP contribution in [0.2, 0.25) is 0 Å². The molecule has 19 heavy (non-hydrogen) atoms. The summed E-state index contributed by atoms with van der Waals surface area (Å²) in [5.74, 6) is 0. The molecule has 0 aliphatic rings. The van der Waals surface area contributed by atoms with Gasteiger partial charge >= 0.3 is 6.18 Å². The molecule has 108 valence electrons. The first-order valence-corrected chi connectivity index (χ1v) is 6.70. The number of benzene rings is 1. The normalized spacial score (nSPS) is 12.6. The van der Waals surface area contributed by atoms with Crippen LogP contribution < -0.4 is 9.44 Å². The van der Waals surface area contributed by atoms with Crippen molar-refractivity contribution in [1.82, 2.24) is 9.44 Å². The summed E-state index contributed by atoms with van der Waals surface area (Å²) in [4.78, 5) is 0. The third kappa shape index (κ3) is 6.53. The lowest BCUT2D eigenvalue weighted by molar-refractivity contribution is -0.121. The smallest absolute Gasteiger partial charge is 0.392 e. The average molecular weight is 298 g/mol. The van der Waals surface area contributed by atoms with Gasteiger partial charge < -0.3 is 5.11 Å². The number of halogens is 3. The molecule has 3 N–H and O–H groups in total. The number of hydrogen-bond donors (Lipinski definition) is 3. The van der Waals surface area contributed by atoms with Gasteiger partial charge in [0.1, 0.15) is 6.54 Å². The third-order valence-corrected chi connectivity index (χ3v) is 3.18. The van der Waals surface area contributed by atoms with Gasteiger partial charge in [-0.25, -0.2) is 0 Å². The fourth-order valence-electron chi connectivity index (χ4n) is 1.17. The summed E-state index contributed by atoms with van der Waals surface area (Å²) < 4.78 is 61.4. The summed E-state index contributed by atoms with van der Waals surface area (Å²) in [6.07, 6.45) is -4.60. The molecule has 0 saturated heterocycles. The van der Waals surface area contributed by atoms with E-state index in [9.17, 15) is 21.6 Å². The van der Waals surface area contributed by atoms with E-state index in [-0.39, 0.29) is 13.2 Å². The zero-order valence-corrected chi connectivity index (χ0v) is 10.6. The van der Waals surface area contributed by atoms with Gasteiger partial charge in [-0.1, -0.05) is 24.3 Å². The molecule has 0 unspecified atom stereocenters. The Labute approximate surface area is 108 Å². The molecule has 0 heterocycles. The minimum Gasteiger partial charge on any atom is -0.392 e. The summed E-state index contributed by atoms with van der Waals surface area (Å²) in [5, 5.41) is 8.81. The quantitative estimate of drug-likeness (QED) is 0.722. The van der Waals surface area contributed by atoms with Gasteiger partial charge in [-0.05, 0) is 11.1 Å². The average Bonchev–Trinajstić information content (AvgIpc) is 2.34. The molecule has 0 saturated carbocycles. The topological polar surface area (TPSA) is 78.4 Å². The van der Waals surface area contributed by atoms with E-state index in [1.54, 1.807) is 24.3 Å². The maximum atomic E-state index is 11.9. The summed E-state index contributed by atoms with van der Waals surface area (Å²) in [5.41, 5.74) is 1.22. The van der Waals surface area contributed by atoms with Crippen molar-refractivity contribution < 1.29 is 26.7 Å². The van der Waals surface area contributed by atoms with Gasteiger partial charge in [-0.15, -0.1) is 0 Å². The van der Waals surface area contributed by atoms with E-state index in [0.29, 0.717) is 11.1 Å². The van der Waals surface area contributed by atoms with Crippen molar-refractivity contribution in [3.63, 3.8) is 0 Å². The second kappa shape index (κ2) is 6.33. The van der Waals surface area contributed by atoms with Gasteiger partial charge in [0, 0.05) is 6.54 Å². The van der Waals surface area contributed by atoms with Crippen LogP contribution in [0, 0.1) is 0 Å². The van der Waals surface area contributed by atoms with E-state index in [0.717, 1.165) is 0 Å². The third-order valence-electron chi connectivity index (χ3n) is 2.13. The van der Waals surface area contributed by atoms with Gasteiger partial charge in [-0.2, -0.15) is 31.0 Å². The highest BCUT2D eigenvalue weighted by atomic mass is 32.2. The van der Waals surface area contributed by atoms with Gasteiger partial charge in [0.25, 0.3) is 10.2 Å². The van der Waals surface area contributed by atoms with Crippen LogP contribution in [0.3, 0.4) is 0 Å². The van der Waals surface area contributed by atoms with Crippen molar-refractivity contribution in [2.45, 2.75) is 19.3 Å². The molecule has 0 amide bonds. The molecule has 0 aromatic heterocycles. The number of hydrogen-bond acceptors (Lipinski definition) is 3. The predicted molar refractivity (Wildman–Crippen MR) is 62.2 cm³/mol. The van der Waals surface area contributed by atoms with Crippen molar-refractivity contribution in [3.8, 4) is 0 Å². The van der Waals surface area contributed by atoms with E-state index in [1.807, 2.05) is 4.72 Å². The van der Waals surface area contributed by atoms with Crippen LogP contribution in [0.25, 0.3) is 0 Å². The van der Waals surface area contributed by atoms with Crippen molar-refractivity contribution in [3.05, 3.63) is 35.4 Å². The molecular formula is C10H13F3N2O3S. The first-order valence-electron chi connectivity index (χ1n) is 5.21. The molecule has 1 rings (SSSR count). The minimum atomic E-state index is -4.60. The second-order valence-corrected chi connectivity index (χ2v) is 5.32. The molecule has 0 atom stereocenters. The lowest BCUT2D eigenvalue weighted by Gasteiger charge is -2.10. The number of aliphatic hydroxyl groups is 1. The molecule has 0 spiro atoms. The summed E-state index contributed by atoms with van der Waals surface area (Å²) in [6, 6.07) is 6.31. The Morgan fingerprint density at radius 1 is 1.05 bits per heavy atom. The fraction of sp³-hybridized carbons (Fsp3) is 0.400. The molecule has 1 aromatic carbocycles. The van der Waals surface area contributed by atoms with Crippen LogP contribution in [0.4, 0.5) is 13.2 Å². The maximum absolute atomic E-state index is 11.9. The summed E-state index contributed by atoms with van der Waals surface area (Å²) in [7, 11) is -4.20. The Kier molecular flexibility index (Phi) is 5.29. The molecule has 0 radical (unpaired) electrons. The van der Waals surface area contributed by atoms with Gasteiger partial charge in [0.15, 0.2) is 0 Å². The Bertz CT molecular complexity index is 500. The SMILES string of the molecule is O=S(=O)(NCc1ccc(CO)cc1)NCC(F)(F)F. The van der Waals surface area contributed by atoms with Crippen LogP contribution in [-0.2, 0) is 23.4 Å². The summed E-state index contributed by atoms with van der Waals surface area (Å²) in [6.45, 7) is -1.90. The fourth-order valence-corrected chi connectivity index (χ4v) is 1.98. The lowest BCUT2D eigenvalue weighted by atomic mass is 10.1. The molecule has 5 nitrogen and oxygen atoms in total. The molecule has 0 fully saturated rings. The Morgan fingerprint density at radius 3 is 2.05 bits per heavy atom. The first kappa shape index (κ1) is 15.9. The van der Waals surface area contributed by atoms with E-state index >= 15 is 0 Å². The first-order chi connectivity index (χ1) is 8.72. The Hall–Kier alpha value is -1.16. The van der Waals surface area contributed by atoms with E-state index in [4.69, 9.17) is 5.11 Å². The van der Waals surface area contributed by atoms with Crippen LogP contribution in [0.15, 0.2) is 24.3 Å². The van der Waals surface area contributed by atoms with Crippen LogP contribution in [0.5, 0.6) is 0 Å². The van der Waals surface area contributed by atoms with Crippen LogP contribution >= 0.6 is 0 Å². The van der Waals surface area contributed by atoms with Crippen molar-refractivity contribution in [2.75, 3.05) is 6.54 Å². The second-order valence-electron chi connectivity index (χ2n) is 3.74. The maximum Gasteiger partial charge on any atom is 0.402 e. The number of rotatable bonds is 6. The number of aliphatic hydroxyl groups excluding tert-OH is 1. The van der Waals surface area contributed by atoms with Crippen molar-refractivity contribution in [2.24, 2.45) is 0 Å². The highest BCUT2D eigenvalue weighted by molar-refractivity contribution is 7.87. The predicted octanol–water partition coefficient (Wildman–Crippen LogP) is 0.665. The zero-order valence-electron chi connectivity index (χ0n) is 9.74. The Balaban J connectivity index is 2.50. The lowest BCUT2D eigenvalue weighted by Crippen LogP contribution is -2.41. The van der Waals surface area contributed by atoms with Crippen molar-refractivity contribution in [1.29, 1.82) is 0 Å². The molecule has 0 bridgehead atoms. The van der Waals surface area contributed by atoms with E-state index in [1.165, 1.54) is 4.72 Å².